The standard InChI is InChI=1S/C10H17N5O3/c1-2-3-7(4-9(16)17)14-10(18)11-5-8-12-6-13-15-8/h6-7H,2-5H2,1H3,(H,16,17)(H2,11,14,18)(H,12,13,15). The SMILES string of the molecule is CCCC(CC(=O)O)NC(=O)NCc1ncn[nH]1. The summed E-state index contributed by atoms with van der Waals surface area (Å²) in [4.78, 5) is 26.0. The van der Waals surface area contributed by atoms with Crippen molar-refractivity contribution in [2.24, 2.45) is 0 Å². The Morgan fingerprint density at radius 2 is 2.33 bits per heavy atom. The molecule has 4 N–H and O–H groups in total. The van der Waals surface area contributed by atoms with Gasteiger partial charge in [0.25, 0.3) is 0 Å². The molecule has 2 amide bonds. The highest BCUT2D eigenvalue weighted by Crippen LogP contribution is 2.01. The Balaban J connectivity index is 2.33. The third kappa shape index (κ3) is 5.28. The number of carbonyl (C=O) groups is 2. The van der Waals surface area contributed by atoms with Crippen molar-refractivity contribution in [2.45, 2.75) is 38.8 Å². The summed E-state index contributed by atoms with van der Waals surface area (Å²) < 4.78 is 0. The fourth-order valence-electron chi connectivity index (χ4n) is 1.50. The average Bonchev–Trinajstić information content (AvgIpc) is 2.78. The third-order valence-electron chi connectivity index (χ3n) is 2.27. The Hall–Kier alpha value is -2.12. The molecule has 0 saturated carbocycles. The van der Waals surface area contributed by atoms with Crippen molar-refractivity contribution in [3.8, 4) is 0 Å². The van der Waals surface area contributed by atoms with Crippen molar-refractivity contribution >= 4 is 12.0 Å². The fourth-order valence-corrected chi connectivity index (χ4v) is 1.50. The van der Waals surface area contributed by atoms with Crippen LogP contribution in [0.25, 0.3) is 0 Å². The van der Waals surface area contributed by atoms with Gasteiger partial charge in [0.1, 0.15) is 12.2 Å². The first-order valence-corrected chi connectivity index (χ1v) is 5.72. The van der Waals surface area contributed by atoms with Gasteiger partial charge >= 0.3 is 12.0 Å². The minimum atomic E-state index is -0.927. The summed E-state index contributed by atoms with van der Waals surface area (Å²) in [6, 6.07) is -0.770. The maximum absolute atomic E-state index is 11.5. The molecule has 1 aromatic rings. The zero-order valence-corrected chi connectivity index (χ0v) is 10.1. The van der Waals surface area contributed by atoms with Gasteiger partial charge in [-0.05, 0) is 6.42 Å². The smallest absolute Gasteiger partial charge is 0.315 e. The van der Waals surface area contributed by atoms with Gasteiger partial charge in [-0.3, -0.25) is 9.89 Å². The summed E-state index contributed by atoms with van der Waals surface area (Å²) in [7, 11) is 0. The Morgan fingerprint density at radius 3 is 2.89 bits per heavy atom. The van der Waals surface area contributed by atoms with Crippen LogP contribution in [0, 0.1) is 0 Å². The Morgan fingerprint density at radius 1 is 1.56 bits per heavy atom. The van der Waals surface area contributed by atoms with Crippen molar-refractivity contribution in [3.63, 3.8) is 0 Å². The minimum absolute atomic E-state index is 0.0798. The van der Waals surface area contributed by atoms with E-state index in [2.05, 4.69) is 25.8 Å². The largest absolute Gasteiger partial charge is 0.481 e. The highest BCUT2D eigenvalue weighted by atomic mass is 16.4. The summed E-state index contributed by atoms with van der Waals surface area (Å²) in [5.41, 5.74) is 0. The molecular weight excluding hydrogens is 238 g/mol. The quantitative estimate of drug-likeness (QED) is 0.556. The number of nitrogens with one attached hydrogen (secondary N) is 3. The van der Waals surface area contributed by atoms with Gasteiger partial charge in [0.15, 0.2) is 0 Å². The average molecular weight is 255 g/mol. The Labute approximate surface area is 104 Å². The van der Waals surface area contributed by atoms with Crippen LogP contribution in [-0.2, 0) is 11.3 Å². The molecular formula is C10H17N5O3. The first kappa shape index (κ1) is 13.9. The van der Waals surface area contributed by atoms with Crippen LogP contribution in [0.1, 0.15) is 32.0 Å². The van der Waals surface area contributed by atoms with Crippen molar-refractivity contribution in [1.82, 2.24) is 25.8 Å². The van der Waals surface area contributed by atoms with E-state index in [1.54, 1.807) is 0 Å². The second-order valence-corrected chi connectivity index (χ2v) is 3.84. The Bertz CT molecular complexity index is 379. The maximum atomic E-state index is 11.5. The molecule has 0 fully saturated rings. The lowest BCUT2D eigenvalue weighted by molar-refractivity contribution is -0.137. The first-order valence-electron chi connectivity index (χ1n) is 5.72. The molecule has 8 nitrogen and oxygen atoms in total. The van der Waals surface area contributed by atoms with E-state index in [4.69, 9.17) is 5.11 Å². The Kier molecular flexibility index (Phi) is 5.62. The zero-order valence-electron chi connectivity index (χ0n) is 10.1. The van der Waals surface area contributed by atoms with Crippen molar-refractivity contribution in [1.29, 1.82) is 0 Å². The summed E-state index contributed by atoms with van der Waals surface area (Å²) >= 11 is 0. The van der Waals surface area contributed by atoms with Crippen LogP contribution >= 0.6 is 0 Å². The zero-order chi connectivity index (χ0) is 13.4. The molecule has 0 spiro atoms. The lowest BCUT2D eigenvalue weighted by Crippen LogP contribution is -2.42. The number of aliphatic carboxylic acids is 1. The van der Waals surface area contributed by atoms with Crippen LogP contribution in [-0.4, -0.2) is 38.3 Å². The molecule has 1 heterocycles. The molecule has 1 rings (SSSR count). The minimum Gasteiger partial charge on any atom is -0.481 e. The van der Waals surface area contributed by atoms with Gasteiger partial charge < -0.3 is 15.7 Å². The van der Waals surface area contributed by atoms with Gasteiger partial charge in [-0.1, -0.05) is 13.3 Å². The highest BCUT2D eigenvalue weighted by molar-refractivity contribution is 5.75. The van der Waals surface area contributed by atoms with E-state index >= 15 is 0 Å². The van der Waals surface area contributed by atoms with Gasteiger partial charge in [-0.2, -0.15) is 5.10 Å². The predicted molar refractivity (Wildman–Crippen MR) is 62.7 cm³/mol. The number of rotatable bonds is 7. The van der Waals surface area contributed by atoms with Crippen molar-refractivity contribution in [2.75, 3.05) is 0 Å². The van der Waals surface area contributed by atoms with E-state index < -0.39 is 12.0 Å². The lowest BCUT2D eigenvalue weighted by Gasteiger charge is -2.16. The van der Waals surface area contributed by atoms with E-state index in [0.29, 0.717) is 12.2 Å². The maximum Gasteiger partial charge on any atom is 0.315 e. The van der Waals surface area contributed by atoms with E-state index in [9.17, 15) is 9.59 Å². The number of aromatic nitrogens is 3. The molecule has 1 unspecified atom stereocenters. The summed E-state index contributed by atoms with van der Waals surface area (Å²) in [6.45, 7) is 2.15. The van der Waals surface area contributed by atoms with Crippen LogP contribution in [0.3, 0.4) is 0 Å². The second-order valence-electron chi connectivity index (χ2n) is 3.84. The number of carboxylic acid groups (broad SMARTS) is 1. The van der Waals surface area contributed by atoms with Gasteiger partial charge in [-0.15, -0.1) is 0 Å². The number of hydrogen-bond acceptors (Lipinski definition) is 4. The number of aromatic amines is 1. The summed E-state index contributed by atoms with van der Waals surface area (Å²) in [5, 5.41) is 20.1. The molecule has 100 valence electrons. The molecule has 0 aliphatic rings. The molecule has 0 bridgehead atoms. The predicted octanol–water partition coefficient (Wildman–Crippen LogP) is 0.247. The number of hydrogen-bond donors (Lipinski definition) is 4. The molecule has 0 aliphatic carbocycles. The monoisotopic (exact) mass is 255 g/mol. The summed E-state index contributed by atoms with van der Waals surface area (Å²) in [6.07, 6.45) is 2.70. The van der Waals surface area contributed by atoms with Crippen LogP contribution < -0.4 is 10.6 Å². The number of carboxylic acids is 1. The second kappa shape index (κ2) is 7.25. The number of carbonyl (C=O) groups excluding carboxylic acids is 1. The lowest BCUT2D eigenvalue weighted by atomic mass is 10.1. The molecule has 0 radical (unpaired) electrons. The van der Waals surface area contributed by atoms with Gasteiger partial charge in [0, 0.05) is 6.04 Å². The molecule has 18 heavy (non-hydrogen) atoms. The van der Waals surface area contributed by atoms with E-state index in [1.807, 2.05) is 6.92 Å². The van der Waals surface area contributed by atoms with Crippen LogP contribution in [0.15, 0.2) is 6.33 Å². The molecule has 1 atom stereocenters. The van der Waals surface area contributed by atoms with Crippen LogP contribution in [0.2, 0.25) is 0 Å². The summed E-state index contributed by atoms with van der Waals surface area (Å²) in [5.74, 6) is -0.389. The van der Waals surface area contributed by atoms with Gasteiger partial charge in [0.2, 0.25) is 0 Å². The molecule has 0 aromatic carbocycles. The fraction of sp³-hybridized carbons (Fsp3) is 0.600. The highest BCUT2D eigenvalue weighted by Gasteiger charge is 2.14. The van der Waals surface area contributed by atoms with Crippen molar-refractivity contribution < 1.29 is 14.7 Å². The van der Waals surface area contributed by atoms with Gasteiger partial charge in [0.05, 0.1) is 13.0 Å². The first-order chi connectivity index (χ1) is 8.61. The number of nitrogens with zero attached hydrogens (tertiary/aromatic N) is 2. The number of H-pyrrole nitrogens is 1. The topological polar surface area (TPSA) is 120 Å². The normalized spacial score (nSPS) is 11.8. The van der Waals surface area contributed by atoms with Crippen molar-refractivity contribution in [3.05, 3.63) is 12.2 Å². The molecule has 1 aromatic heterocycles. The van der Waals surface area contributed by atoms with E-state index in [0.717, 1.165) is 6.42 Å². The van der Waals surface area contributed by atoms with E-state index in [-0.39, 0.29) is 19.0 Å². The molecule has 0 aliphatic heterocycles. The van der Waals surface area contributed by atoms with Gasteiger partial charge in [-0.25, -0.2) is 9.78 Å². The number of amides is 2. The van der Waals surface area contributed by atoms with Crippen LogP contribution in [0.5, 0.6) is 0 Å². The molecule has 8 heteroatoms. The van der Waals surface area contributed by atoms with E-state index in [1.165, 1.54) is 6.33 Å². The molecule has 0 saturated heterocycles. The third-order valence-corrected chi connectivity index (χ3v) is 2.27. The number of urea groups is 1. The van der Waals surface area contributed by atoms with Crippen LogP contribution in [0.4, 0.5) is 4.79 Å².